The summed E-state index contributed by atoms with van der Waals surface area (Å²) in [4.78, 5) is 35.1. The van der Waals surface area contributed by atoms with E-state index in [0.717, 1.165) is 61.1 Å². The first-order valence-corrected chi connectivity index (χ1v) is 16.5. The van der Waals surface area contributed by atoms with Gasteiger partial charge in [-0.15, -0.1) is 5.11 Å². The van der Waals surface area contributed by atoms with Crippen LogP contribution in [-0.2, 0) is 4.79 Å². The van der Waals surface area contributed by atoms with Crippen molar-refractivity contribution >= 4 is 17.5 Å². The van der Waals surface area contributed by atoms with Crippen molar-refractivity contribution in [3.8, 4) is 5.75 Å². The molecule has 2 aromatic carbocycles. The molecule has 1 aliphatic carbocycles. The number of ether oxygens (including phenoxy) is 1. The Kier molecular flexibility index (Phi) is 9.33. The molecule has 0 radical (unpaired) electrons. The minimum Gasteiger partial charge on any atom is -0.494 e. The zero-order chi connectivity index (χ0) is 32.4. The Morgan fingerprint density at radius 3 is 2.36 bits per heavy atom. The molecule has 2 heterocycles. The van der Waals surface area contributed by atoms with Crippen molar-refractivity contribution in [3.63, 3.8) is 0 Å². The van der Waals surface area contributed by atoms with Gasteiger partial charge in [0.2, 0.25) is 6.20 Å². The number of carbonyl (C=O) groups is 2. The summed E-state index contributed by atoms with van der Waals surface area (Å²) in [6.45, 7) is 16.6. The van der Waals surface area contributed by atoms with E-state index in [1.807, 2.05) is 55.5 Å². The van der Waals surface area contributed by atoms with Crippen LogP contribution in [0.15, 0.2) is 70.5 Å². The summed E-state index contributed by atoms with van der Waals surface area (Å²) in [6.07, 6.45) is 7.21. The molecule has 0 bridgehead atoms. The fraction of sp³-hybridized carbons (Fsp3) is 0.541. The molecule has 0 aromatic heterocycles. The monoisotopic (exact) mass is 612 g/mol. The van der Waals surface area contributed by atoms with Crippen LogP contribution in [0.25, 0.3) is 0 Å². The summed E-state index contributed by atoms with van der Waals surface area (Å²) in [5, 5.41) is 9.65. The van der Waals surface area contributed by atoms with Gasteiger partial charge in [0.25, 0.3) is 11.8 Å². The van der Waals surface area contributed by atoms with Gasteiger partial charge in [-0.2, -0.15) is 0 Å². The number of hydrogen-bond acceptors (Lipinski definition) is 5. The second kappa shape index (κ2) is 12.9. The summed E-state index contributed by atoms with van der Waals surface area (Å²) in [6, 6.07) is 15.4. The Morgan fingerprint density at radius 1 is 1.09 bits per heavy atom. The minimum atomic E-state index is -0.609. The smallest absolute Gasteiger partial charge is 0.275 e. The van der Waals surface area contributed by atoms with Crippen molar-refractivity contribution in [2.45, 2.75) is 98.7 Å². The zero-order valence-corrected chi connectivity index (χ0v) is 28.1. The maximum Gasteiger partial charge on any atom is 0.275 e. The van der Waals surface area contributed by atoms with Crippen molar-refractivity contribution in [1.82, 2.24) is 10.2 Å². The van der Waals surface area contributed by atoms with E-state index in [2.05, 4.69) is 62.0 Å². The van der Waals surface area contributed by atoms with Gasteiger partial charge in [0, 0.05) is 16.2 Å². The van der Waals surface area contributed by atoms with Crippen molar-refractivity contribution in [1.29, 1.82) is 0 Å². The van der Waals surface area contributed by atoms with E-state index < -0.39 is 5.66 Å². The molecule has 5 rings (SSSR count). The number of nitrogens with zero attached hydrogens (tertiary/aromatic N) is 3. The molecule has 3 aliphatic rings. The van der Waals surface area contributed by atoms with Gasteiger partial charge in [0.1, 0.15) is 17.1 Å². The minimum absolute atomic E-state index is 0.0234. The Balaban J connectivity index is 1.51. The average Bonchev–Trinajstić information content (AvgIpc) is 3.23. The second-order valence-electron chi connectivity index (χ2n) is 15.0. The molecule has 8 nitrogen and oxygen atoms in total. The lowest BCUT2D eigenvalue weighted by molar-refractivity contribution is -0.478. The molecule has 1 unspecified atom stereocenters. The number of azo groups is 1. The van der Waals surface area contributed by atoms with Crippen LogP contribution >= 0.6 is 0 Å². The van der Waals surface area contributed by atoms with Gasteiger partial charge in [-0.3, -0.25) is 14.6 Å². The van der Waals surface area contributed by atoms with E-state index >= 15 is 0 Å². The van der Waals surface area contributed by atoms with Gasteiger partial charge in [0.05, 0.1) is 19.2 Å². The van der Waals surface area contributed by atoms with Crippen LogP contribution in [0.5, 0.6) is 5.75 Å². The largest absolute Gasteiger partial charge is 0.494 e. The molecule has 1 saturated carbocycles. The number of nitrogens with one attached hydrogen (secondary N) is 2. The van der Waals surface area contributed by atoms with Crippen LogP contribution in [-0.4, -0.2) is 41.2 Å². The maximum atomic E-state index is 14.7. The molecule has 1 spiro atoms. The number of benzene rings is 2. The van der Waals surface area contributed by atoms with Crippen molar-refractivity contribution in [3.05, 3.63) is 77.1 Å². The quantitative estimate of drug-likeness (QED) is 0.328. The molecule has 240 valence electrons. The van der Waals surface area contributed by atoms with Crippen LogP contribution in [0.3, 0.4) is 0 Å². The molecule has 1 atom stereocenters. The Hall–Kier alpha value is -3.81. The SMILES string of the molecule is CCOc1cccc(C2=NC3(CCC(C(C)(C)C)CC3)N(C(CCC(C)(C)C)c3ccc(C(=O)NCC4=C[NH+]=N4)cc3)C2=O)c1. The molecule has 8 heteroatoms. The summed E-state index contributed by atoms with van der Waals surface area (Å²) >= 11 is 0. The van der Waals surface area contributed by atoms with E-state index in [9.17, 15) is 9.59 Å². The number of carbonyl (C=O) groups excluding carboxylic acids is 2. The van der Waals surface area contributed by atoms with Crippen molar-refractivity contribution < 1.29 is 19.4 Å². The molecule has 2 aliphatic heterocycles. The lowest BCUT2D eigenvalue weighted by Gasteiger charge is -2.47. The van der Waals surface area contributed by atoms with Crippen LogP contribution in [0.1, 0.15) is 115 Å². The van der Waals surface area contributed by atoms with E-state index in [1.54, 1.807) is 6.20 Å². The molecule has 2 aromatic rings. The highest BCUT2D eigenvalue weighted by Crippen LogP contribution is 2.50. The summed E-state index contributed by atoms with van der Waals surface area (Å²) in [7, 11) is 0. The van der Waals surface area contributed by atoms with Crippen LogP contribution in [0.2, 0.25) is 0 Å². The third kappa shape index (κ3) is 7.37. The topological polar surface area (TPSA) is 97.3 Å². The first-order chi connectivity index (χ1) is 21.3. The summed E-state index contributed by atoms with van der Waals surface area (Å²) in [5.41, 5.74) is 3.43. The molecule has 0 saturated heterocycles. The fourth-order valence-corrected chi connectivity index (χ4v) is 6.82. The van der Waals surface area contributed by atoms with Gasteiger partial charge in [-0.25, -0.2) is 0 Å². The van der Waals surface area contributed by atoms with Gasteiger partial charge < -0.3 is 15.0 Å². The van der Waals surface area contributed by atoms with E-state index in [1.165, 1.54) is 0 Å². The van der Waals surface area contributed by atoms with E-state index in [-0.39, 0.29) is 28.7 Å². The fourth-order valence-electron chi connectivity index (χ4n) is 6.82. The Bertz CT molecular complexity index is 1490. The van der Waals surface area contributed by atoms with Crippen LogP contribution < -0.4 is 15.2 Å². The lowest BCUT2D eigenvalue weighted by atomic mass is 9.69. The Morgan fingerprint density at radius 2 is 1.78 bits per heavy atom. The molecule has 1 fully saturated rings. The van der Waals surface area contributed by atoms with Crippen LogP contribution in [0, 0.1) is 16.7 Å². The first kappa shape index (κ1) is 32.6. The van der Waals surface area contributed by atoms with Gasteiger partial charge in [-0.05, 0) is 92.0 Å². The van der Waals surface area contributed by atoms with Gasteiger partial charge in [0.15, 0.2) is 5.70 Å². The molecular formula is C37H50N5O3+. The molecule has 45 heavy (non-hydrogen) atoms. The number of amides is 2. The Labute approximate surface area is 268 Å². The summed E-state index contributed by atoms with van der Waals surface area (Å²) < 4.78 is 5.80. The number of aliphatic imine (C=N–C) groups is 1. The van der Waals surface area contributed by atoms with Crippen molar-refractivity contribution in [2.24, 2.45) is 26.9 Å². The molecule has 2 amide bonds. The van der Waals surface area contributed by atoms with Crippen molar-refractivity contribution in [2.75, 3.05) is 13.2 Å². The van der Waals surface area contributed by atoms with E-state index in [4.69, 9.17) is 9.73 Å². The number of hydrogen-bond donors (Lipinski definition) is 2. The predicted octanol–water partition coefficient (Wildman–Crippen LogP) is 6.33. The predicted molar refractivity (Wildman–Crippen MR) is 177 cm³/mol. The lowest BCUT2D eigenvalue weighted by Crippen LogP contribution is -2.64. The molecule has 2 N–H and O–H groups in total. The van der Waals surface area contributed by atoms with Gasteiger partial charge in [-0.1, -0.05) is 65.8 Å². The molecular weight excluding hydrogens is 562 g/mol. The standard InChI is InChI=1S/C37H49N5O3/c1-8-45-30-11-9-10-27(22-30)32-34(44)42(37(40-32)20-16-28(17-21-37)36(5,6)7)31(18-19-35(2,3)4)25-12-14-26(15-13-25)33(43)38-23-29-24-39-41-29/h9-15,22,24,28,31H,8,16-21,23H2,1-7H3,(H,38,43)/p+1. The maximum absolute atomic E-state index is 14.7. The average molecular weight is 613 g/mol. The van der Waals surface area contributed by atoms with Gasteiger partial charge >= 0.3 is 0 Å². The third-order valence-corrected chi connectivity index (χ3v) is 9.53. The normalized spacial score (nSPS) is 22.2. The third-order valence-electron chi connectivity index (χ3n) is 9.53. The number of rotatable bonds is 10. The van der Waals surface area contributed by atoms with Crippen LogP contribution in [0.4, 0.5) is 0 Å². The second-order valence-corrected chi connectivity index (χ2v) is 15.0. The van der Waals surface area contributed by atoms with E-state index in [0.29, 0.717) is 30.3 Å². The highest BCUT2D eigenvalue weighted by molar-refractivity contribution is 6.46. The zero-order valence-electron chi connectivity index (χ0n) is 28.1. The highest BCUT2D eigenvalue weighted by atomic mass is 16.5. The summed E-state index contributed by atoms with van der Waals surface area (Å²) in [5.74, 6) is 1.14. The first-order valence-electron chi connectivity index (χ1n) is 16.5. The highest BCUT2D eigenvalue weighted by Gasteiger charge is 2.52.